The minimum Gasteiger partial charge on any atom is -0.427 e. The van der Waals surface area contributed by atoms with Crippen molar-refractivity contribution in [1.29, 1.82) is 0 Å². The summed E-state index contributed by atoms with van der Waals surface area (Å²) in [5, 5.41) is 16.1. The molecule has 0 aliphatic carbocycles. The van der Waals surface area contributed by atoms with Gasteiger partial charge < -0.3 is 15.8 Å². The molecule has 0 aliphatic rings. The zero-order valence-electron chi connectivity index (χ0n) is 3.87. The molecule has 0 radical (unpaired) electrons. The van der Waals surface area contributed by atoms with Gasteiger partial charge in [-0.25, -0.2) is 0 Å². The maximum absolute atomic E-state index is 8.03. The molecule has 7 heavy (non-hydrogen) atoms. The first kappa shape index (κ1) is 10.3. The van der Waals surface area contributed by atoms with Gasteiger partial charge in [-0.05, 0) is 12.9 Å². The Morgan fingerprint density at radius 1 is 1.43 bits per heavy atom. The van der Waals surface area contributed by atoms with Gasteiger partial charge in [-0.2, -0.15) is 0 Å². The van der Waals surface area contributed by atoms with E-state index in [0.717, 1.165) is 0 Å². The number of hydrogen-bond donors (Lipinski definition) is 3. The first-order valence-electron chi connectivity index (χ1n) is 1.83. The molecule has 0 aromatic carbocycles. The smallest absolute Gasteiger partial charge is 0.427 e. The van der Waals surface area contributed by atoms with Crippen LogP contribution in [0, 0.1) is 0 Å². The number of halogens is 1. The Morgan fingerprint density at radius 2 is 1.86 bits per heavy atom. The van der Waals surface area contributed by atoms with Crippen molar-refractivity contribution in [3.8, 4) is 0 Å². The third-order valence-electron chi connectivity index (χ3n) is 0.425. The lowest BCUT2D eigenvalue weighted by Crippen LogP contribution is -2.15. The van der Waals surface area contributed by atoms with Gasteiger partial charge in [0.15, 0.2) is 0 Å². The van der Waals surface area contributed by atoms with E-state index in [-0.39, 0.29) is 18.7 Å². The maximum Gasteiger partial charge on any atom is 0.452 e. The van der Waals surface area contributed by atoms with Crippen LogP contribution in [-0.2, 0) is 0 Å². The highest BCUT2D eigenvalue weighted by Gasteiger charge is 2.00. The van der Waals surface area contributed by atoms with E-state index in [9.17, 15) is 0 Å². The summed E-state index contributed by atoms with van der Waals surface area (Å²) >= 11 is 0. The number of hydrogen-bond acceptors (Lipinski definition) is 3. The Kier molecular flexibility index (Phi) is 9.14. The van der Waals surface area contributed by atoms with Gasteiger partial charge in [-0.15, -0.1) is 12.4 Å². The van der Waals surface area contributed by atoms with Crippen LogP contribution in [0.1, 0.15) is 0 Å². The van der Waals surface area contributed by atoms with Gasteiger partial charge in [0.25, 0.3) is 0 Å². The molecule has 0 amide bonds. The summed E-state index contributed by atoms with van der Waals surface area (Å²) in [6.45, 7) is 0.331. The van der Waals surface area contributed by atoms with E-state index >= 15 is 0 Å². The van der Waals surface area contributed by atoms with Crippen LogP contribution in [0.25, 0.3) is 0 Å². The van der Waals surface area contributed by atoms with Gasteiger partial charge in [-0.3, -0.25) is 0 Å². The first-order chi connectivity index (χ1) is 2.77. The number of rotatable bonds is 2. The SMILES string of the molecule is Cl.NCCB(O)O. The van der Waals surface area contributed by atoms with Crippen LogP contribution in [0.15, 0.2) is 0 Å². The summed E-state index contributed by atoms with van der Waals surface area (Å²) in [5.74, 6) is 0. The standard InChI is InChI=1S/C2H8BNO2.ClH/c4-2-1-3(5)6;/h5-6H,1-2,4H2;1H. The zero-order valence-corrected chi connectivity index (χ0v) is 4.69. The molecule has 0 atom stereocenters. The lowest BCUT2D eigenvalue weighted by atomic mass is 9.87. The highest BCUT2D eigenvalue weighted by molar-refractivity contribution is 6.41. The summed E-state index contributed by atoms with van der Waals surface area (Å²) in [6.07, 6.45) is 0.264. The van der Waals surface area contributed by atoms with E-state index in [0.29, 0.717) is 6.54 Å². The molecule has 0 saturated heterocycles. The predicted molar refractivity (Wildman–Crippen MR) is 31.3 cm³/mol. The van der Waals surface area contributed by atoms with Crippen LogP contribution in [0.4, 0.5) is 0 Å². The maximum atomic E-state index is 8.03. The van der Waals surface area contributed by atoms with Crippen molar-refractivity contribution in [3.05, 3.63) is 0 Å². The van der Waals surface area contributed by atoms with Crippen molar-refractivity contribution < 1.29 is 10.0 Å². The molecule has 0 heterocycles. The minimum absolute atomic E-state index is 0. The van der Waals surface area contributed by atoms with Crippen molar-refractivity contribution in [3.63, 3.8) is 0 Å². The van der Waals surface area contributed by atoms with E-state index in [1.807, 2.05) is 0 Å². The molecule has 0 saturated carbocycles. The largest absolute Gasteiger partial charge is 0.452 e. The third-order valence-corrected chi connectivity index (χ3v) is 0.425. The highest BCUT2D eigenvalue weighted by atomic mass is 35.5. The van der Waals surface area contributed by atoms with Gasteiger partial charge in [0.2, 0.25) is 0 Å². The normalized spacial score (nSPS) is 7.29. The summed E-state index contributed by atoms with van der Waals surface area (Å²) in [5.41, 5.74) is 4.91. The van der Waals surface area contributed by atoms with Crippen LogP contribution in [-0.4, -0.2) is 23.7 Å². The van der Waals surface area contributed by atoms with Crippen LogP contribution in [0.2, 0.25) is 6.32 Å². The van der Waals surface area contributed by atoms with Crippen LogP contribution < -0.4 is 5.73 Å². The molecule has 4 N–H and O–H groups in total. The van der Waals surface area contributed by atoms with E-state index < -0.39 is 7.12 Å². The van der Waals surface area contributed by atoms with Crippen molar-refractivity contribution in [2.45, 2.75) is 6.32 Å². The topological polar surface area (TPSA) is 66.5 Å². The van der Waals surface area contributed by atoms with Crippen LogP contribution >= 0.6 is 12.4 Å². The Morgan fingerprint density at radius 3 is 1.86 bits per heavy atom. The van der Waals surface area contributed by atoms with Gasteiger partial charge in [0.1, 0.15) is 0 Å². The monoisotopic (exact) mass is 125 g/mol. The number of nitrogens with two attached hydrogens (primary N) is 1. The molecular weight excluding hydrogens is 116 g/mol. The third kappa shape index (κ3) is 10.7. The summed E-state index contributed by atoms with van der Waals surface area (Å²) in [4.78, 5) is 0. The van der Waals surface area contributed by atoms with Crippen LogP contribution in [0.5, 0.6) is 0 Å². The molecule has 0 rings (SSSR count). The van der Waals surface area contributed by atoms with E-state index in [1.54, 1.807) is 0 Å². The Bertz CT molecular complexity index is 36.9. The second-order valence-corrected chi connectivity index (χ2v) is 1.06. The lowest BCUT2D eigenvalue weighted by Gasteiger charge is -1.88. The van der Waals surface area contributed by atoms with E-state index in [2.05, 4.69) is 0 Å². The van der Waals surface area contributed by atoms with Crippen molar-refractivity contribution in [2.24, 2.45) is 5.73 Å². The van der Waals surface area contributed by atoms with Gasteiger partial charge >= 0.3 is 7.12 Å². The Balaban J connectivity index is 0. The molecule has 0 aromatic heterocycles. The minimum atomic E-state index is -1.23. The van der Waals surface area contributed by atoms with Gasteiger partial charge in [0.05, 0.1) is 0 Å². The molecule has 44 valence electrons. The zero-order chi connectivity index (χ0) is 4.99. The molecule has 5 heteroatoms. The Hall–Kier alpha value is 0.235. The fourth-order valence-corrected chi connectivity index (χ4v) is 0.149. The average Bonchev–Trinajstić information content (AvgIpc) is 1.35. The summed E-state index contributed by atoms with van der Waals surface area (Å²) in [6, 6.07) is 0. The highest BCUT2D eigenvalue weighted by Crippen LogP contribution is 1.74. The second kappa shape index (κ2) is 6.23. The predicted octanol–water partition coefficient (Wildman–Crippen LogP) is -1.16. The van der Waals surface area contributed by atoms with Gasteiger partial charge in [0, 0.05) is 0 Å². The fourth-order valence-electron chi connectivity index (χ4n) is 0.149. The van der Waals surface area contributed by atoms with E-state index in [4.69, 9.17) is 15.8 Å². The van der Waals surface area contributed by atoms with Gasteiger partial charge in [-0.1, -0.05) is 0 Å². The molecule has 0 spiro atoms. The quantitative estimate of drug-likeness (QED) is 0.408. The van der Waals surface area contributed by atoms with E-state index in [1.165, 1.54) is 0 Å². The lowest BCUT2D eigenvalue weighted by molar-refractivity contribution is 0.406. The molecular formula is C2H9BClNO2. The molecule has 0 aliphatic heterocycles. The van der Waals surface area contributed by atoms with Crippen molar-refractivity contribution >= 4 is 19.5 Å². The molecule has 0 bridgehead atoms. The molecule has 3 nitrogen and oxygen atoms in total. The first-order valence-corrected chi connectivity index (χ1v) is 1.83. The fraction of sp³-hybridized carbons (Fsp3) is 1.00. The molecule has 0 aromatic rings. The van der Waals surface area contributed by atoms with Crippen molar-refractivity contribution in [1.82, 2.24) is 0 Å². The molecule has 0 fully saturated rings. The second-order valence-electron chi connectivity index (χ2n) is 1.06. The van der Waals surface area contributed by atoms with Crippen molar-refractivity contribution in [2.75, 3.05) is 6.54 Å². The summed E-state index contributed by atoms with van der Waals surface area (Å²) in [7, 11) is -1.23. The average molecular weight is 125 g/mol. The summed E-state index contributed by atoms with van der Waals surface area (Å²) < 4.78 is 0. The Labute approximate surface area is 49.1 Å². The van der Waals surface area contributed by atoms with Crippen LogP contribution in [0.3, 0.4) is 0 Å². The molecule has 0 unspecified atom stereocenters.